The SMILES string of the molecule is COc1ccc(CNC(=O)c2nnn(C3CCNCC3)c2C)cc1C. The second-order valence-electron chi connectivity index (χ2n) is 6.44. The van der Waals surface area contributed by atoms with Gasteiger partial charge in [-0.1, -0.05) is 17.3 Å². The lowest BCUT2D eigenvalue weighted by molar-refractivity contribution is 0.0945. The third-order valence-electron chi connectivity index (χ3n) is 4.71. The molecule has 0 spiro atoms. The molecule has 1 saturated heterocycles. The van der Waals surface area contributed by atoms with Crippen molar-refractivity contribution in [2.45, 2.75) is 39.3 Å². The van der Waals surface area contributed by atoms with Crippen molar-refractivity contribution >= 4 is 5.91 Å². The molecule has 0 radical (unpaired) electrons. The van der Waals surface area contributed by atoms with Crippen LogP contribution >= 0.6 is 0 Å². The van der Waals surface area contributed by atoms with Crippen molar-refractivity contribution in [3.8, 4) is 5.75 Å². The number of ether oxygens (including phenoxy) is 1. The predicted octanol–water partition coefficient (Wildman–Crippen LogP) is 1.76. The Kier molecular flexibility index (Phi) is 5.33. The van der Waals surface area contributed by atoms with E-state index in [2.05, 4.69) is 20.9 Å². The highest BCUT2D eigenvalue weighted by atomic mass is 16.5. The average molecular weight is 343 g/mol. The molecule has 25 heavy (non-hydrogen) atoms. The molecule has 2 N–H and O–H groups in total. The van der Waals surface area contributed by atoms with E-state index in [0.717, 1.165) is 48.5 Å². The summed E-state index contributed by atoms with van der Waals surface area (Å²) in [6.45, 7) is 6.29. The Morgan fingerprint density at radius 3 is 2.80 bits per heavy atom. The van der Waals surface area contributed by atoms with Crippen molar-refractivity contribution in [2.75, 3.05) is 20.2 Å². The number of aromatic nitrogens is 3. The minimum absolute atomic E-state index is 0.189. The molecule has 0 atom stereocenters. The molecule has 1 amide bonds. The van der Waals surface area contributed by atoms with Gasteiger partial charge in [-0.05, 0) is 57.0 Å². The Balaban J connectivity index is 1.65. The van der Waals surface area contributed by atoms with Crippen molar-refractivity contribution in [3.63, 3.8) is 0 Å². The summed E-state index contributed by atoms with van der Waals surface area (Å²) < 4.78 is 7.15. The lowest BCUT2D eigenvalue weighted by Gasteiger charge is -2.23. The Labute approximate surface area is 147 Å². The summed E-state index contributed by atoms with van der Waals surface area (Å²) in [4.78, 5) is 12.5. The minimum atomic E-state index is -0.189. The van der Waals surface area contributed by atoms with E-state index in [-0.39, 0.29) is 5.91 Å². The van der Waals surface area contributed by atoms with Gasteiger partial charge in [-0.25, -0.2) is 4.68 Å². The van der Waals surface area contributed by atoms with Crippen LogP contribution in [-0.2, 0) is 6.54 Å². The first-order chi connectivity index (χ1) is 12.1. The fourth-order valence-corrected chi connectivity index (χ4v) is 3.27. The van der Waals surface area contributed by atoms with Gasteiger partial charge in [-0.3, -0.25) is 4.79 Å². The van der Waals surface area contributed by atoms with Gasteiger partial charge in [0, 0.05) is 6.54 Å². The monoisotopic (exact) mass is 343 g/mol. The molecule has 1 aliphatic heterocycles. The Bertz CT molecular complexity index is 750. The first kappa shape index (κ1) is 17.4. The zero-order chi connectivity index (χ0) is 17.8. The molecule has 2 aromatic rings. The van der Waals surface area contributed by atoms with Gasteiger partial charge in [0.15, 0.2) is 5.69 Å². The largest absolute Gasteiger partial charge is 0.496 e. The molecule has 3 rings (SSSR count). The first-order valence-electron chi connectivity index (χ1n) is 8.64. The molecule has 1 aliphatic rings. The van der Waals surface area contributed by atoms with Gasteiger partial charge in [0.05, 0.1) is 18.8 Å². The number of carbonyl (C=O) groups is 1. The number of hydrogen-bond acceptors (Lipinski definition) is 5. The van der Waals surface area contributed by atoms with E-state index in [4.69, 9.17) is 4.74 Å². The summed E-state index contributed by atoms with van der Waals surface area (Å²) in [6, 6.07) is 6.19. The number of nitrogens with zero attached hydrogens (tertiary/aromatic N) is 3. The summed E-state index contributed by atoms with van der Waals surface area (Å²) in [5.41, 5.74) is 3.30. The standard InChI is InChI=1S/C18H25N5O2/c1-12-10-14(4-5-16(12)25-3)11-20-18(24)17-13(2)23(22-21-17)15-6-8-19-9-7-15/h4-5,10,15,19H,6-9,11H2,1-3H3,(H,20,24). The zero-order valence-electron chi connectivity index (χ0n) is 15.0. The number of methoxy groups -OCH3 is 1. The van der Waals surface area contributed by atoms with E-state index >= 15 is 0 Å². The average Bonchev–Trinajstić information content (AvgIpc) is 3.02. The van der Waals surface area contributed by atoms with Crippen LogP contribution in [0, 0.1) is 13.8 Å². The lowest BCUT2D eigenvalue weighted by Crippen LogP contribution is -2.30. The molecule has 7 nitrogen and oxygen atoms in total. The molecular weight excluding hydrogens is 318 g/mol. The highest BCUT2D eigenvalue weighted by Crippen LogP contribution is 2.21. The maximum Gasteiger partial charge on any atom is 0.274 e. The van der Waals surface area contributed by atoms with Crippen molar-refractivity contribution in [3.05, 3.63) is 40.7 Å². The Hall–Kier alpha value is -2.41. The van der Waals surface area contributed by atoms with Crippen LogP contribution in [0.4, 0.5) is 0 Å². The third-order valence-corrected chi connectivity index (χ3v) is 4.71. The van der Waals surface area contributed by atoms with Crippen molar-refractivity contribution in [1.29, 1.82) is 0 Å². The number of hydrogen-bond donors (Lipinski definition) is 2. The van der Waals surface area contributed by atoms with Gasteiger partial charge in [0.25, 0.3) is 5.91 Å². The van der Waals surface area contributed by atoms with E-state index < -0.39 is 0 Å². The van der Waals surface area contributed by atoms with Crippen LogP contribution in [0.1, 0.15) is 46.2 Å². The molecule has 1 aromatic carbocycles. The van der Waals surface area contributed by atoms with Crippen LogP contribution in [0.5, 0.6) is 5.75 Å². The van der Waals surface area contributed by atoms with Gasteiger partial charge in [-0.2, -0.15) is 0 Å². The molecule has 2 heterocycles. The van der Waals surface area contributed by atoms with Gasteiger partial charge < -0.3 is 15.4 Å². The van der Waals surface area contributed by atoms with E-state index in [1.54, 1.807) is 7.11 Å². The van der Waals surface area contributed by atoms with Crippen LogP contribution in [0.2, 0.25) is 0 Å². The normalized spacial score (nSPS) is 15.2. The van der Waals surface area contributed by atoms with Crippen LogP contribution in [0.3, 0.4) is 0 Å². The van der Waals surface area contributed by atoms with Gasteiger partial charge in [0.1, 0.15) is 5.75 Å². The highest BCUT2D eigenvalue weighted by molar-refractivity contribution is 5.93. The second kappa shape index (κ2) is 7.65. The smallest absolute Gasteiger partial charge is 0.274 e. The summed E-state index contributed by atoms with van der Waals surface area (Å²) in [5, 5.41) is 14.6. The third kappa shape index (κ3) is 3.82. The van der Waals surface area contributed by atoms with Gasteiger partial charge >= 0.3 is 0 Å². The number of benzene rings is 1. The highest BCUT2D eigenvalue weighted by Gasteiger charge is 2.22. The number of amides is 1. The fourth-order valence-electron chi connectivity index (χ4n) is 3.27. The van der Waals surface area contributed by atoms with Gasteiger partial charge in [-0.15, -0.1) is 5.10 Å². The molecule has 0 unspecified atom stereocenters. The molecule has 1 fully saturated rings. The van der Waals surface area contributed by atoms with Crippen molar-refractivity contribution < 1.29 is 9.53 Å². The van der Waals surface area contributed by atoms with E-state index in [1.165, 1.54) is 0 Å². The van der Waals surface area contributed by atoms with Crippen LogP contribution < -0.4 is 15.4 Å². The van der Waals surface area contributed by atoms with Crippen molar-refractivity contribution in [2.24, 2.45) is 0 Å². The summed E-state index contributed by atoms with van der Waals surface area (Å²) in [7, 11) is 1.65. The van der Waals surface area contributed by atoms with E-state index in [9.17, 15) is 4.79 Å². The van der Waals surface area contributed by atoms with Crippen LogP contribution in [-0.4, -0.2) is 41.1 Å². The number of nitrogens with one attached hydrogen (secondary N) is 2. The lowest BCUT2D eigenvalue weighted by atomic mass is 10.1. The van der Waals surface area contributed by atoms with Gasteiger partial charge in [0.2, 0.25) is 0 Å². The number of rotatable bonds is 5. The topological polar surface area (TPSA) is 81.1 Å². The zero-order valence-corrected chi connectivity index (χ0v) is 15.0. The van der Waals surface area contributed by atoms with Crippen LogP contribution in [0.25, 0.3) is 0 Å². The number of carbonyl (C=O) groups excluding carboxylic acids is 1. The summed E-state index contributed by atoms with van der Waals surface area (Å²) >= 11 is 0. The molecule has 0 aliphatic carbocycles. The Morgan fingerprint density at radius 2 is 2.12 bits per heavy atom. The summed E-state index contributed by atoms with van der Waals surface area (Å²) in [6.07, 6.45) is 2.02. The minimum Gasteiger partial charge on any atom is -0.496 e. The number of aryl methyl sites for hydroxylation is 1. The van der Waals surface area contributed by atoms with Crippen molar-refractivity contribution in [1.82, 2.24) is 25.6 Å². The maximum atomic E-state index is 12.5. The molecule has 134 valence electrons. The van der Waals surface area contributed by atoms with E-state index in [1.807, 2.05) is 36.7 Å². The van der Waals surface area contributed by atoms with E-state index in [0.29, 0.717) is 18.3 Å². The quantitative estimate of drug-likeness (QED) is 0.865. The molecule has 0 saturated carbocycles. The van der Waals surface area contributed by atoms with Crippen LogP contribution in [0.15, 0.2) is 18.2 Å². The second-order valence-corrected chi connectivity index (χ2v) is 6.44. The maximum absolute atomic E-state index is 12.5. The molecule has 7 heteroatoms. The fraction of sp³-hybridized carbons (Fsp3) is 0.500. The predicted molar refractivity (Wildman–Crippen MR) is 94.8 cm³/mol. The Morgan fingerprint density at radius 1 is 1.36 bits per heavy atom. The first-order valence-corrected chi connectivity index (χ1v) is 8.64. The summed E-state index contributed by atoms with van der Waals surface area (Å²) in [5.74, 6) is 0.655. The molecule has 0 bridgehead atoms. The number of piperidine rings is 1. The molecular formula is C18H25N5O2. The molecule has 1 aromatic heterocycles.